The summed E-state index contributed by atoms with van der Waals surface area (Å²) in [6.07, 6.45) is 0. The van der Waals surface area contributed by atoms with Gasteiger partial charge in [-0.3, -0.25) is 15.2 Å². The predicted molar refractivity (Wildman–Crippen MR) is 71.5 cm³/mol. The Bertz CT molecular complexity index is 473. The first kappa shape index (κ1) is 12.5. The van der Waals surface area contributed by atoms with Crippen molar-refractivity contribution in [3.63, 3.8) is 0 Å². The standard InChI is InChI=1S/C14H18N2O2/c1-10-9-16(15-13(10)17)11-7-5-6-8-12(11)18-14(2,3)4/h5-8H,1,9H2,2-4H3,(H,15,17). The molecule has 1 saturated heterocycles. The van der Waals surface area contributed by atoms with Gasteiger partial charge in [0.15, 0.2) is 0 Å². The Morgan fingerprint density at radius 3 is 2.56 bits per heavy atom. The highest BCUT2D eigenvalue weighted by molar-refractivity contribution is 5.98. The number of carbonyl (C=O) groups excluding carboxylic acids is 1. The van der Waals surface area contributed by atoms with E-state index in [0.29, 0.717) is 12.1 Å². The molecule has 1 N–H and O–H groups in total. The van der Waals surface area contributed by atoms with Gasteiger partial charge in [-0.15, -0.1) is 0 Å². The second kappa shape index (κ2) is 4.37. The molecule has 1 aliphatic rings. The molecule has 0 spiro atoms. The van der Waals surface area contributed by atoms with Crippen molar-refractivity contribution < 1.29 is 9.53 Å². The number of nitrogens with zero attached hydrogens (tertiary/aromatic N) is 1. The molecule has 1 aromatic carbocycles. The normalized spacial score (nSPS) is 15.8. The van der Waals surface area contributed by atoms with Crippen LogP contribution in [0.4, 0.5) is 5.69 Å². The molecule has 1 heterocycles. The fourth-order valence-corrected chi connectivity index (χ4v) is 1.75. The second-order valence-electron chi connectivity index (χ2n) is 5.31. The van der Waals surface area contributed by atoms with Crippen molar-refractivity contribution in [3.05, 3.63) is 36.4 Å². The Morgan fingerprint density at radius 2 is 2.00 bits per heavy atom. The summed E-state index contributed by atoms with van der Waals surface area (Å²) in [5.41, 5.74) is 3.88. The van der Waals surface area contributed by atoms with Crippen LogP contribution < -0.4 is 15.2 Å². The maximum absolute atomic E-state index is 11.5. The van der Waals surface area contributed by atoms with Crippen molar-refractivity contribution in [1.82, 2.24) is 5.43 Å². The molecule has 4 heteroatoms. The Labute approximate surface area is 107 Å². The predicted octanol–water partition coefficient (Wildman–Crippen LogP) is 2.27. The first-order valence-electron chi connectivity index (χ1n) is 5.91. The topological polar surface area (TPSA) is 41.6 Å². The van der Waals surface area contributed by atoms with Crippen LogP contribution >= 0.6 is 0 Å². The van der Waals surface area contributed by atoms with E-state index in [1.807, 2.05) is 45.0 Å². The number of anilines is 1. The molecule has 0 saturated carbocycles. The molecule has 1 aliphatic heterocycles. The van der Waals surface area contributed by atoms with Gasteiger partial charge in [-0.05, 0) is 32.9 Å². The van der Waals surface area contributed by atoms with Crippen molar-refractivity contribution in [2.45, 2.75) is 26.4 Å². The molecule has 1 aromatic rings. The Hall–Kier alpha value is -1.97. The summed E-state index contributed by atoms with van der Waals surface area (Å²) in [4.78, 5) is 11.5. The van der Waals surface area contributed by atoms with Crippen molar-refractivity contribution in [2.24, 2.45) is 0 Å². The van der Waals surface area contributed by atoms with Gasteiger partial charge in [0.05, 0.1) is 12.2 Å². The maximum atomic E-state index is 11.5. The highest BCUT2D eigenvalue weighted by Crippen LogP contribution is 2.31. The second-order valence-corrected chi connectivity index (χ2v) is 5.31. The number of benzene rings is 1. The number of para-hydroxylation sites is 2. The van der Waals surface area contributed by atoms with E-state index in [4.69, 9.17) is 4.74 Å². The molecule has 0 radical (unpaired) electrons. The number of nitrogens with one attached hydrogen (secondary N) is 1. The monoisotopic (exact) mass is 246 g/mol. The van der Waals surface area contributed by atoms with Crippen LogP contribution in [-0.4, -0.2) is 18.1 Å². The largest absolute Gasteiger partial charge is 0.486 e. The van der Waals surface area contributed by atoms with Crippen LogP contribution in [0.2, 0.25) is 0 Å². The van der Waals surface area contributed by atoms with Crippen LogP contribution in [0.25, 0.3) is 0 Å². The van der Waals surface area contributed by atoms with E-state index >= 15 is 0 Å². The summed E-state index contributed by atoms with van der Waals surface area (Å²) in [5.74, 6) is 0.612. The lowest BCUT2D eigenvalue weighted by molar-refractivity contribution is -0.116. The summed E-state index contributed by atoms with van der Waals surface area (Å²) in [7, 11) is 0. The third kappa shape index (κ3) is 2.64. The van der Waals surface area contributed by atoms with Gasteiger partial charge in [-0.1, -0.05) is 18.7 Å². The van der Waals surface area contributed by atoms with Crippen LogP contribution in [0.15, 0.2) is 36.4 Å². The van der Waals surface area contributed by atoms with Crippen molar-refractivity contribution in [3.8, 4) is 5.75 Å². The van der Waals surface area contributed by atoms with Gasteiger partial charge < -0.3 is 4.74 Å². The number of ether oxygens (including phenoxy) is 1. The molecule has 0 aromatic heterocycles. The van der Waals surface area contributed by atoms with E-state index in [0.717, 1.165) is 11.4 Å². The zero-order valence-electron chi connectivity index (χ0n) is 11.0. The van der Waals surface area contributed by atoms with E-state index in [2.05, 4.69) is 12.0 Å². The molecule has 4 nitrogen and oxygen atoms in total. The summed E-state index contributed by atoms with van der Waals surface area (Å²) in [6.45, 7) is 10.2. The Balaban J connectivity index is 2.28. The third-order valence-corrected chi connectivity index (χ3v) is 2.48. The average Bonchev–Trinajstić information content (AvgIpc) is 2.57. The molecule has 18 heavy (non-hydrogen) atoms. The minimum Gasteiger partial charge on any atom is -0.486 e. The quantitative estimate of drug-likeness (QED) is 0.814. The van der Waals surface area contributed by atoms with Gasteiger partial charge in [0, 0.05) is 5.57 Å². The molecule has 2 rings (SSSR count). The van der Waals surface area contributed by atoms with E-state index in [1.165, 1.54) is 0 Å². The molecule has 0 bridgehead atoms. The van der Waals surface area contributed by atoms with Crippen molar-refractivity contribution in [1.29, 1.82) is 0 Å². The van der Waals surface area contributed by atoms with E-state index in [-0.39, 0.29) is 11.5 Å². The molecule has 1 amide bonds. The smallest absolute Gasteiger partial charge is 0.267 e. The SMILES string of the molecule is C=C1CN(c2ccccc2OC(C)(C)C)NC1=O. The third-order valence-electron chi connectivity index (χ3n) is 2.48. The Kier molecular flexibility index (Phi) is 3.03. The number of carbonyl (C=O) groups is 1. The van der Waals surface area contributed by atoms with Gasteiger partial charge in [0.2, 0.25) is 0 Å². The lowest BCUT2D eigenvalue weighted by Crippen LogP contribution is -2.34. The minimum absolute atomic E-state index is 0.138. The number of amides is 1. The van der Waals surface area contributed by atoms with Gasteiger partial charge in [0.25, 0.3) is 5.91 Å². The summed E-state index contributed by atoms with van der Waals surface area (Å²) in [5, 5.41) is 1.76. The van der Waals surface area contributed by atoms with Gasteiger partial charge >= 0.3 is 0 Å². The molecule has 0 aliphatic carbocycles. The van der Waals surface area contributed by atoms with Crippen LogP contribution in [0, 0.1) is 0 Å². The van der Waals surface area contributed by atoms with E-state index < -0.39 is 0 Å². The first-order chi connectivity index (χ1) is 8.37. The number of rotatable bonds is 2. The lowest BCUT2D eigenvalue weighted by Gasteiger charge is -2.26. The lowest BCUT2D eigenvalue weighted by atomic mass is 10.2. The van der Waals surface area contributed by atoms with Crippen molar-refractivity contribution in [2.75, 3.05) is 11.6 Å². The number of hydrazine groups is 1. The van der Waals surface area contributed by atoms with Crippen LogP contribution in [0.1, 0.15) is 20.8 Å². The van der Waals surface area contributed by atoms with Crippen molar-refractivity contribution >= 4 is 11.6 Å². The average molecular weight is 246 g/mol. The number of hydrogen-bond donors (Lipinski definition) is 1. The molecule has 0 atom stereocenters. The maximum Gasteiger partial charge on any atom is 0.267 e. The molecule has 96 valence electrons. The summed E-state index contributed by atoms with van der Waals surface area (Å²) < 4.78 is 5.89. The van der Waals surface area contributed by atoms with Gasteiger partial charge in [-0.2, -0.15) is 0 Å². The zero-order valence-corrected chi connectivity index (χ0v) is 11.0. The summed E-state index contributed by atoms with van der Waals surface area (Å²) >= 11 is 0. The first-order valence-corrected chi connectivity index (χ1v) is 5.91. The van der Waals surface area contributed by atoms with Crippen LogP contribution in [0.5, 0.6) is 5.75 Å². The number of hydrogen-bond acceptors (Lipinski definition) is 3. The molecule has 1 fully saturated rings. The van der Waals surface area contributed by atoms with Gasteiger partial charge in [-0.25, -0.2) is 0 Å². The van der Waals surface area contributed by atoms with Crippen LogP contribution in [-0.2, 0) is 4.79 Å². The van der Waals surface area contributed by atoms with Gasteiger partial charge in [0.1, 0.15) is 11.4 Å². The molecular formula is C14H18N2O2. The summed E-state index contributed by atoms with van der Waals surface area (Å²) in [6, 6.07) is 7.64. The Morgan fingerprint density at radius 1 is 1.33 bits per heavy atom. The van der Waals surface area contributed by atoms with E-state index in [9.17, 15) is 4.79 Å². The minimum atomic E-state index is -0.281. The van der Waals surface area contributed by atoms with Crippen LogP contribution in [0.3, 0.4) is 0 Å². The zero-order chi connectivity index (χ0) is 13.3. The highest BCUT2D eigenvalue weighted by atomic mass is 16.5. The highest BCUT2D eigenvalue weighted by Gasteiger charge is 2.26. The fraction of sp³-hybridized carbons (Fsp3) is 0.357. The molecule has 0 unspecified atom stereocenters. The van der Waals surface area contributed by atoms with E-state index in [1.54, 1.807) is 5.01 Å². The fourth-order valence-electron chi connectivity index (χ4n) is 1.75. The molecular weight excluding hydrogens is 228 g/mol.